The SMILES string of the molecule is O=[N+]([O-])c1ccc(NC(=S)Nc2ncc(C3CCC3)o2)nc1. The van der Waals surface area contributed by atoms with Crippen LogP contribution in [0.2, 0.25) is 0 Å². The Morgan fingerprint density at radius 2 is 2.14 bits per heavy atom. The highest BCUT2D eigenvalue weighted by Crippen LogP contribution is 2.37. The lowest BCUT2D eigenvalue weighted by molar-refractivity contribution is -0.385. The van der Waals surface area contributed by atoms with Gasteiger partial charge in [0.15, 0.2) is 5.11 Å². The summed E-state index contributed by atoms with van der Waals surface area (Å²) in [4.78, 5) is 18.1. The van der Waals surface area contributed by atoms with E-state index in [9.17, 15) is 10.1 Å². The van der Waals surface area contributed by atoms with E-state index in [0.717, 1.165) is 24.8 Å². The zero-order valence-corrected chi connectivity index (χ0v) is 12.3. The summed E-state index contributed by atoms with van der Waals surface area (Å²) in [5, 5.41) is 16.4. The summed E-state index contributed by atoms with van der Waals surface area (Å²) >= 11 is 5.12. The molecule has 0 bridgehead atoms. The number of hydrogen-bond acceptors (Lipinski definition) is 6. The molecule has 1 aliphatic rings. The Balaban J connectivity index is 1.57. The highest BCUT2D eigenvalue weighted by molar-refractivity contribution is 7.80. The Morgan fingerprint density at radius 1 is 1.32 bits per heavy atom. The monoisotopic (exact) mass is 319 g/mol. The first-order valence-electron chi connectivity index (χ1n) is 6.76. The zero-order valence-electron chi connectivity index (χ0n) is 11.5. The van der Waals surface area contributed by atoms with Gasteiger partial charge < -0.3 is 9.73 Å². The third kappa shape index (κ3) is 3.19. The molecule has 0 aliphatic heterocycles. The van der Waals surface area contributed by atoms with Crippen LogP contribution in [0.15, 0.2) is 28.9 Å². The Morgan fingerprint density at radius 3 is 2.73 bits per heavy atom. The molecule has 0 atom stereocenters. The van der Waals surface area contributed by atoms with Gasteiger partial charge in [0.05, 0.1) is 11.1 Å². The molecule has 22 heavy (non-hydrogen) atoms. The van der Waals surface area contributed by atoms with Gasteiger partial charge >= 0.3 is 6.01 Å². The number of hydrogen-bond donors (Lipinski definition) is 2. The number of rotatable bonds is 4. The third-order valence-electron chi connectivity index (χ3n) is 3.45. The Labute approximate surface area is 131 Å². The molecule has 2 heterocycles. The fourth-order valence-electron chi connectivity index (χ4n) is 2.04. The minimum Gasteiger partial charge on any atom is -0.428 e. The van der Waals surface area contributed by atoms with E-state index in [1.165, 1.54) is 18.6 Å². The number of nitrogens with zero attached hydrogens (tertiary/aromatic N) is 3. The zero-order chi connectivity index (χ0) is 15.5. The predicted octanol–water partition coefficient (Wildman–Crippen LogP) is 3.05. The first-order valence-corrected chi connectivity index (χ1v) is 7.17. The Kier molecular flexibility index (Phi) is 3.96. The molecule has 3 rings (SSSR count). The van der Waals surface area contributed by atoms with Crippen molar-refractivity contribution in [1.82, 2.24) is 9.97 Å². The number of nitro groups is 1. The highest BCUT2D eigenvalue weighted by atomic mass is 32.1. The number of nitrogens with one attached hydrogen (secondary N) is 2. The molecule has 8 nitrogen and oxygen atoms in total. The summed E-state index contributed by atoms with van der Waals surface area (Å²) in [6.45, 7) is 0. The Hall–Kier alpha value is -2.55. The molecule has 2 aromatic heterocycles. The molecule has 114 valence electrons. The van der Waals surface area contributed by atoms with E-state index in [4.69, 9.17) is 16.6 Å². The average Bonchev–Trinajstić information content (AvgIpc) is 2.85. The van der Waals surface area contributed by atoms with Gasteiger partial charge in [-0.1, -0.05) is 6.42 Å². The summed E-state index contributed by atoms with van der Waals surface area (Å²) in [7, 11) is 0. The molecular formula is C13H13N5O3S. The van der Waals surface area contributed by atoms with Crippen LogP contribution < -0.4 is 10.6 Å². The molecule has 1 aliphatic carbocycles. The topological polar surface area (TPSA) is 106 Å². The maximum Gasteiger partial charge on any atom is 0.301 e. The first-order chi connectivity index (χ1) is 10.6. The molecule has 1 saturated carbocycles. The van der Waals surface area contributed by atoms with Crippen LogP contribution >= 0.6 is 12.2 Å². The molecule has 1 fully saturated rings. The second-order valence-corrected chi connectivity index (χ2v) is 5.34. The van der Waals surface area contributed by atoms with Crippen LogP contribution in [0, 0.1) is 10.1 Å². The molecule has 0 spiro atoms. The van der Waals surface area contributed by atoms with Crippen LogP contribution in [-0.4, -0.2) is 20.0 Å². The largest absolute Gasteiger partial charge is 0.428 e. The van der Waals surface area contributed by atoms with Gasteiger partial charge in [-0.2, -0.15) is 0 Å². The lowest BCUT2D eigenvalue weighted by Gasteiger charge is -2.22. The normalized spacial score (nSPS) is 14.2. The fraction of sp³-hybridized carbons (Fsp3) is 0.308. The van der Waals surface area contributed by atoms with Gasteiger partial charge in [0.1, 0.15) is 17.8 Å². The minimum absolute atomic E-state index is 0.0812. The molecule has 0 aromatic carbocycles. The van der Waals surface area contributed by atoms with E-state index in [0.29, 0.717) is 17.8 Å². The summed E-state index contributed by atoms with van der Waals surface area (Å²) in [5.41, 5.74) is -0.0812. The van der Waals surface area contributed by atoms with Crippen molar-refractivity contribution < 1.29 is 9.34 Å². The fourth-order valence-corrected chi connectivity index (χ4v) is 2.23. The quantitative estimate of drug-likeness (QED) is 0.503. The van der Waals surface area contributed by atoms with Gasteiger partial charge in [0.2, 0.25) is 0 Å². The maximum atomic E-state index is 10.5. The van der Waals surface area contributed by atoms with E-state index in [2.05, 4.69) is 20.6 Å². The van der Waals surface area contributed by atoms with E-state index in [-0.39, 0.29) is 10.8 Å². The van der Waals surface area contributed by atoms with Crippen molar-refractivity contribution in [2.75, 3.05) is 10.6 Å². The second-order valence-electron chi connectivity index (χ2n) is 4.93. The van der Waals surface area contributed by atoms with Crippen molar-refractivity contribution in [3.8, 4) is 0 Å². The van der Waals surface area contributed by atoms with Gasteiger partial charge in [-0.3, -0.25) is 15.4 Å². The lowest BCUT2D eigenvalue weighted by Crippen LogP contribution is -2.19. The predicted molar refractivity (Wildman–Crippen MR) is 83.8 cm³/mol. The van der Waals surface area contributed by atoms with Crippen LogP contribution in [0.1, 0.15) is 30.9 Å². The minimum atomic E-state index is -0.512. The number of anilines is 2. The number of aromatic nitrogens is 2. The van der Waals surface area contributed by atoms with Crippen LogP contribution in [0.4, 0.5) is 17.5 Å². The van der Waals surface area contributed by atoms with Gasteiger partial charge in [-0.25, -0.2) is 9.97 Å². The van der Waals surface area contributed by atoms with Gasteiger partial charge in [-0.15, -0.1) is 0 Å². The molecule has 0 unspecified atom stereocenters. The number of pyridine rings is 1. The summed E-state index contributed by atoms with van der Waals surface area (Å²) in [6, 6.07) is 3.14. The summed E-state index contributed by atoms with van der Waals surface area (Å²) < 4.78 is 5.59. The maximum absolute atomic E-state index is 10.5. The smallest absolute Gasteiger partial charge is 0.301 e. The molecule has 0 amide bonds. The standard InChI is InChI=1S/C13H13N5O3S/c19-18(20)9-4-5-11(14-6-9)16-13(22)17-12-15-7-10(21-12)8-2-1-3-8/h4-8H,1-3H2,(H2,14,15,16,17,22). The van der Waals surface area contributed by atoms with Crippen LogP contribution in [-0.2, 0) is 0 Å². The van der Waals surface area contributed by atoms with Gasteiger partial charge in [-0.05, 0) is 31.1 Å². The average molecular weight is 319 g/mol. The van der Waals surface area contributed by atoms with Crippen molar-refractivity contribution >= 4 is 34.9 Å². The van der Waals surface area contributed by atoms with E-state index < -0.39 is 4.92 Å². The van der Waals surface area contributed by atoms with Crippen molar-refractivity contribution in [3.63, 3.8) is 0 Å². The third-order valence-corrected chi connectivity index (χ3v) is 3.66. The molecule has 2 N–H and O–H groups in total. The molecule has 0 saturated heterocycles. The summed E-state index contributed by atoms with van der Waals surface area (Å²) in [6.07, 6.45) is 6.34. The van der Waals surface area contributed by atoms with E-state index >= 15 is 0 Å². The molecule has 9 heteroatoms. The van der Waals surface area contributed by atoms with Crippen molar-refractivity contribution in [1.29, 1.82) is 0 Å². The highest BCUT2D eigenvalue weighted by Gasteiger charge is 2.23. The van der Waals surface area contributed by atoms with E-state index in [1.54, 1.807) is 6.20 Å². The number of thiocarbonyl (C=S) groups is 1. The first kappa shape index (κ1) is 14.4. The summed E-state index contributed by atoms with van der Waals surface area (Å²) in [5.74, 6) is 1.72. The van der Waals surface area contributed by atoms with Gasteiger partial charge in [0.25, 0.3) is 5.69 Å². The van der Waals surface area contributed by atoms with E-state index in [1.807, 2.05) is 0 Å². The lowest BCUT2D eigenvalue weighted by atomic mass is 9.84. The molecule has 0 radical (unpaired) electrons. The van der Waals surface area contributed by atoms with Crippen LogP contribution in [0.5, 0.6) is 0 Å². The van der Waals surface area contributed by atoms with Crippen molar-refractivity contribution in [3.05, 3.63) is 40.4 Å². The molecular weight excluding hydrogens is 306 g/mol. The van der Waals surface area contributed by atoms with Crippen molar-refractivity contribution in [2.24, 2.45) is 0 Å². The second kappa shape index (κ2) is 6.06. The van der Waals surface area contributed by atoms with Crippen molar-refractivity contribution in [2.45, 2.75) is 25.2 Å². The van der Waals surface area contributed by atoms with Crippen LogP contribution in [0.25, 0.3) is 0 Å². The Bertz CT molecular complexity index is 696. The number of oxazole rings is 1. The van der Waals surface area contributed by atoms with Gasteiger partial charge in [0, 0.05) is 12.0 Å². The van der Waals surface area contributed by atoms with Crippen LogP contribution in [0.3, 0.4) is 0 Å². The molecule has 2 aromatic rings.